The molecule has 3 heteroatoms. The zero-order valence-corrected chi connectivity index (χ0v) is 13.1. The van der Waals surface area contributed by atoms with Crippen LogP contribution in [0.3, 0.4) is 0 Å². The van der Waals surface area contributed by atoms with Crippen LogP contribution in [0, 0.1) is 12.8 Å². The number of alkyl halides is 1. The summed E-state index contributed by atoms with van der Waals surface area (Å²) in [7, 11) is 0. The van der Waals surface area contributed by atoms with Gasteiger partial charge < -0.3 is 5.32 Å². The highest BCUT2D eigenvalue weighted by Gasteiger charge is 2.22. The van der Waals surface area contributed by atoms with Gasteiger partial charge in [0.25, 0.3) is 0 Å². The van der Waals surface area contributed by atoms with Crippen LogP contribution in [0.4, 0.5) is 0 Å². The number of carbonyl (C=O) groups is 1. The third kappa shape index (κ3) is 4.64. The van der Waals surface area contributed by atoms with Crippen LogP contribution in [0.25, 0.3) is 0 Å². The van der Waals surface area contributed by atoms with Gasteiger partial charge in [0.1, 0.15) is 0 Å². The first-order valence-corrected chi connectivity index (χ1v) is 8.02. The van der Waals surface area contributed by atoms with Gasteiger partial charge in [0, 0.05) is 17.8 Å². The van der Waals surface area contributed by atoms with Gasteiger partial charge in [0.15, 0.2) is 0 Å². The second-order valence-corrected chi connectivity index (χ2v) is 6.80. The first-order valence-electron chi connectivity index (χ1n) is 7.10. The fourth-order valence-electron chi connectivity index (χ4n) is 2.68. The number of rotatable bonds is 5. The van der Waals surface area contributed by atoms with Crippen LogP contribution in [-0.4, -0.2) is 17.3 Å². The zero-order chi connectivity index (χ0) is 13.7. The molecule has 0 heterocycles. The average molecular weight is 324 g/mol. The summed E-state index contributed by atoms with van der Waals surface area (Å²) in [6, 6.07) is 8.28. The molecule has 104 valence electrons. The van der Waals surface area contributed by atoms with Gasteiger partial charge in [-0.25, -0.2) is 0 Å². The number of benzene rings is 1. The summed E-state index contributed by atoms with van der Waals surface area (Å²) in [5.41, 5.74) is 2.55. The Labute approximate surface area is 124 Å². The topological polar surface area (TPSA) is 29.1 Å². The number of aryl methyl sites for hydroxylation is 2. The molecule has 1 aliphatic rings. The van der Waals surface area contributed by atoms with E-state index in [0.717, 1.165) is 13.0 Å². The monoisotopic (exact) mass is 323 g/mol. The van der Waals surface area contributed by atoms with Crippen molar-refractivity contribution in [3.8, 4) is 0 Å². The fourth-order valence-corrected chi connectivity index (χ4v) is 3.48. The van der Waals surface area contributed by atoms with Crippen molar-refractivity contribution in [1.29, 1.82) is 0 Å². The lowest BCUT2D eigenvalue weighted by molar-refractivity contribution is -0.121. The number of carbonyl (C=O) groups excluding carboxylic acids is 1. The highest BCUT2D eigenvalue weighted by molar-refractivity contribution is 9.09. The number of hydrogen-bond acceptors (Lipinski definition) is 1. The Morgan fingerprint density at radius 2 is 2.16 bits per heavy atom. The molecule has 2 nitrogen and oxygen atoms in total. The molecule has 2 atom stereocenters. The molecule has 0 spiro atoms. The summed E-state index contributed by atoms with van der Waals surface area (Å²) in [6.07, 6.45) is 5.09. The maximum absolute atomic E-state index is 11.8. The molecule has 1 N–H and O–H groups in total. The molecular weight excluding hydrogens is 302 g/mol. The van der Waals surface area contributed by atoms with Crippen molar-refractivity contribution in [2.45, 2.75) is 43.9 Å². The molecule has 2 unspecified atom stereocenters. The van der Waals surface area contributed by atoms with Gasteiger partial charge in [-0.05, 0) is 49.7 Å². The molecular formula is C16H22BrNO. The lowest BCUT2D eigenvalue weighted by Gasteiger charge is -2.11. The SMILES string of the molecule is Cc1ccccc1CCC(=O)NCC1CCC(Br)C1. The Kier molecular flexibility index (Phi) is 5.44. The Morgan fingerprint density at radius 1 is 1.37 bits per heavy atom. The van der Waals surface area contributed by atoms with E-state index >= 15 is 0 Å². The van der Waals surface area contributed by atoms with E-state index in [9.17, 15) is 4.79 Å². The van der Waals surface area contributed by atoms with Crippen molar-refractivity contribution in [3.63, 3.8) is 0 Å². The molecule has 19 heavy (non-hydrogen) atoms. The molecule has 0 saturated heterocycles. The van der Waals surface area contributed by atoms with Crippen molar-refractivity contribution < 1.29 is 4.79 Å². The molecule has 0 radical (unpaired) electrons. The van der Waals surface area contributed by atoms with E-state index in [0.29, 0.717) is 17.2 Å². The van der Waals surface area contributed by atoms with Crippen LogP contribution in [0.1, 0.15) is 36.8 Å². The molecule has 0 bridgehead atoms. The average Bonchev–Trinajstić information content (AvgIpc) is 2.81. The Hall–Kier alpha value is -0.830. The molecule has 0 aromatic heterocycles. The number of hydrogen-bond donors (Lipinski definition) is 1. The van der Waals surface area contributed by atoms with E-state index in [2.05, 4.69) is 40.3 Å². The second-order valence-electron chi connectivity index (χ2n) is 5.51. The van der Waals surface area contributed by atoms with Gasteiger partial charge in [-0.15, -0.1) is 0 Å². The normalized spacial score (nSPS) is 22.4. The van der Waals surface area contributed by atoms with Gasteiger partial charge in [-0.2, -0.15) is 0 Å². The predicted molar refractivity (Wildman–Crippen MR) is 82.6 cm³/mol. The van der Waals surface area contributed by atoms with Gasteiger partial charge >= 0.3 is 0 Å². The van der Waals surface area contributed by atoms with E-state index < -0.39 is 0 Å². The molecule has 2 rings (SSSR count). The third-order valence-electron chi connectivity index (χ3n) is 3.95. The van der Waals surface area contributed by atoms with E-state index in [1.807, 2.05) is 12.1 Å². The number of amides is 1. The lowest BCUT2D eigenvalue weighted by Crippen LogP contribution is -2.28. The first-order chi connectivity index (χ1) is 9.15. The smallest absolute Gasteiger partial charge is 0.220 e. The molecule has 1 saturated carbocycles. The van der Waals surface area contributed by atoms with E-state index in [1.54, 1.807) is 0 Å². The lowest BCUT2D eigenvalue weighted by atomic mass is 10.0. The Morgan fingerprint density at radius 3 is 2.84 bits per heavy atom. The van der Waals surface area contributed by atoms with Crippen LogP contribution in [0.15, 0.2) is 24.3 Å². The predicted octanol–water partition coefficient (Wildman–Crippen LogP) is 3.61. The summed E-state index contributed by atoms with van der Waals surface area (Å²) >= 11 is 3.64. The molecule has 1 aromatic rings. The highest BCUT2D eigenvalue weighted by atomic mass is 79.9. The van der Waals surface area contributed by atoms with Crippen molar-refractivity contribution in [2.75, 3.05) is 6.54 Å². The van der Waals surface area contributed by atoms with Crippen LogP contribution in [0.5, 0.6) is 0 Å². The maximum Gasteiger partial charge on any atom is 0.220 e. The Balaban J connectivity index is 1.69. The summed E-state index contributed by atoms with van der Waals surface area (Å²) in [4.78, 5) is 12.5. The van der Waals surface area contributed by atoms with Gasteiger partial charge in [0.05, 0.1) is 0 Å². The molecule has 0 aliphatic heterocycles. The van der Waals surface area contributed by atoms with E-state index in [-0.39, 0.29) is 5.91 Å². The largest absolute Gasteiger partial charge is 0.356 e. The second kappa shape index (κ2) is 7.09. The van der Waals surface area contributed by atoms with Gasteiger partial charge in [-0.3, -0.25) is 4.79 Å². The van der Waals surface area contributed by atoms with Crippen molar-refractivity contribution >= 4 is 21.8 Å². The quantitative estimate of drug-likeness (QED) is 0.824. The van der Waals surface area contributed by atoms with Crippen LogP contribution in [0.2, 0.25) is 0 Å². The van der Waals surface area contributed by atoms with Crippen LogP contribution < -0.4 is 5.32 Å². The maximum atomic E-state index is 11.8. The van der Waals surface area contributed by atoms with E-state index in [4.69, 9.17) is 0 Å². The number of halogens is 1. The van der Waals surface area contributed by atoms with Crippen LogP contribution >= 0.6 is 15.9 Å². The van der Waals surface area contributed by atoms with Gasteiger partial charge in [-0.1, -0.05) is 40.2 Å². The highest BCUT2D eigenvalue weighted by Crippen LogP contribution is 2.29. The summed E-state index contributed by atoms with van der Waals surface area (Å²) in [5.74, 6) is 0.841. The third-order valence-corrected chi connectivity index (χ3v) is 4.78. The van der Waals surface area contributed by atoms with Crippen molar-refractivity contribution in [3.05, 3.63) is 35.4 Å². The number of nitrogens with one attached hydrogen (secondary N) is 1. The molecule has 1 aliphatic carbocycles. The molecule has 1 amide bonds. The van der Waals surface area contributed by atoms with E-state index in [1.165, 1.54) is 30.4 Å². The zero-order valence-electron chi connectivity index (χ0n) is 11.5. The minimum atomic E-state index is 0.182. The minimum Gasteiger partial charge on any atom is -0.356 e. The van der Waals surface area contributed by atoms with Crippen molar-refractivity contribution in [2.24, 2.45) is 5.92 Å². The first kappa shape index (κ1) is 14.6. The minimum absolute atomic E-state index is 0.182. The summed E-state index contributed by atoms with van der Waals surface area (Å²) in [5, 5.41) is 3.08. The van der Waals surface area contributed by atoms with Crippen molar-refractivity contribution in [1.82, 2.24) is 5.32 Å². The summed E-state index contributed by atoms with van der Waals surface area (Å²) < 4.78 is 0. The fraction of sp³-hybridized carbons (Fsp3) is 0.562. The molecule has 1 fully saturated rings. The standard InChI is InChI=1S/C16H22BrNO/c1-12-4-2-3-5-14(12)7-9-16(19)18-11-13-6-8-15(17)10-13/h2-5,13,15H,6-11H2,1H3,(H,18,19). The van der Waals surface area contributed by atoms with Crippen LogP contribution in [-0.2, 0) is 11.2 Å². The van der Waals surface area contributed by atoms with Gasteiger partial charge in [0.2, 0.25) is 5.91 Å². The molecule has 1 aromatic carbocycles. The summed E-state index contributed by atoms with van der Waals surface area (Å²) in [6.45, 7) is 2.94. The Bertz CT molecular complexity index is 433.